The average molecular weight is 337 g/mol. The summed E-state index contributed by atoms with van der Waals surface area (Å²) < 4.78 is 26.9. The molecule has 2 aromatic carbocycles. The van der Waals surface area contributed by atoms with Gasteiger partial charge in [0.15, 0.2) is 0 Å². The monoisotopic (exact) mass is 336 g/mol. The van der Waals surface area contributed by atoms with Crippen LogP contribution < -0.4 is 5.32 Å². The first-order chi connectivity index (χ1) is 9.51. The summed E-state index contributed by atoms with van der Waals surface area (Å²) in [7, 11) is 0. The Morgan fingerprint density at radius 3 is 2.70 bits per heavy atom. The molecular weight excluding hydrogens is 326 g/mol. The lowest BCUT2D eigenvalue weighted by atomic mass is 10.1. The van der Waals surface area contributed by atoms with E-state index in [1.165, 1.54) is 24.3 Å². The van der Waals surface area contributed by atoms with E-state index < -0.39 is 5.82 Å². The lowest BCUT2D eigenvalue weighted by Crippen LogP contribution is -2.04. The van der Waals surface area contributed by atoms with Crippen molar-refractivity contribution in [1.29, 1.82) is 5.26 Å². The highest BCUT2D eigenvalue weighted by molar-refractivity contribution is 9.10. The molecule has 5 heteroatoms. The maximum Gasteiger partial charge on any atom is 0.137 e. The Hall–Kier alpha value is -1.93. The highest BCUT2D eigenvalue weighted by atomic mass is 79.9. The van der Waals surface area contributed by atoms with Crippen molar-refractivity contribution >= 4 is 21.6 Å². The van der Waals surface area contributed by atoms with Gasteiger partial charge in [-0.2, -0.15) is 5.26 Å². The van der Waals surface area contributed by atoms with E-state index in [-0.39, 0.29) is 5.82 Å². The first kappa shape index (κ1) is 14.5. The predicted molar refractivity (Wildman–Crippen MR) is 77.3 cm³/mol. The maximum atomic E-state index is 13.3. The minimum absolute atomic E-state index is 0.291. The molecule has 0 aromatic heterocycles. The van der Waals surface area contributed by atoms with Gasteiger partial charge in [-0.3, -0.25) is 0 Å². The summed E-state index contributed by atoms with van der Waals surface area (Å²) in [6.07, 6.45) is 0. The van der Waals surface area contributed by atoms with Crippen molar-refractivity contribution in [2.45, 2.75) is 13.5 Å². The largest absolute Gasteiger partial charge is 0.381 e. The Bertz CT molecular complexity index is 693. The Labute approximate surface area is 124 Å². The smallest absolute Gasteiger partial charge is 0.137 e. The minimum Gasteiger partial charge on any atom is -0.381 e. The molecule has 0 bridgehead atoms. The van der Waals surface area contributed by atoms with Crippen LogP contribution in [0.5, 0.6) is 0 Å². The minimum atomic E-state index is -0.391. The third-order valence-electron chi connectivity index (χ3n) is 2.92. The fraction of sp³-hybridized carbons (Fsp3) is 0.133. The van der Waals surface area contributed by atoms with Gasteiger partial charge in [0.1, 0.15) is 11.6 Å². The quantitative estimate of drug-likeness (QED) is 0.894. The second-order valence-electron chi connectivity index (χ2n) is 4.35. The zero-order valence-electron chi connectivity index (χ0n) is 10.7. The van der Waals surface area contributed by atoms with E-state index in [0.29, 0.717) is 22.1 Å². The number of hydrogen-bond donors (Lipinski definition) is 1. The molecular formula is C15H11BrF2N2. The van der Waals surface area contributed by atoms with Crippen LogP contribution in [-0.2, 0) is 6.54 Å². The van der Waals surface area contributed by atoms with Crippen LogP contribution in [0.2, 0.25) is 0 Å². The van der Waals surface area contributed by atoms with E-state index in [9.17, 15) is 8.78 Å². The van der Waals surface area contributed by atoms with Crippen molar-refractivity contribution in [3.8, 4) is 6.07 Å². The highest BCUT2D eigenvalue weighted by Gasteiger charge is 2.07. The highest BCUT2D eigenvalue weighted by Crippen LogP contribution is 2.25. The van der Waals surface area contributed by atoms with E-state index >= 15 is 0 Å². The number of nitrogens with one attached hydrogen (secondary N) is 1. The first-order valence-electron chi connectivity index (χ1n) is 5.89. The molecule has 2 nitrogen and oxygen atoms in total. The third kappa shape index (κ3) is 3.14. The zero-order chi connectivity index (χ0) is 14.7. The zero-order valence-corrected chi connectivity index (χ0v) is 12.3. The third-order valence-corrected chi connectivity index (χ3v) is 3.53. The van der Waals surface area contributed by atoms with Gasteiger partial charge in [-0.25, -0.2) is 8.78 Å². The van der Waals surface area contributed by atoms with Gasteiger partial charge < -0.3 is 5.32 Å². The molecule has 0 atom stereocenters. The predicted octanol–water partition coefficient (Wildman–Crippen LogP) is 4.52. The molecule has 0 aliphatic rings. The van der Waals surface area contributed by atoms with Crippen molar-refractivity contribution < 1.29 is 8.78 Å². The van der Waals surface area contributed by atoms with Crippen molar-refractivity contribution in [2.24, 2.45) is 0 Å². The van der Waals surface area contributed by atoms with Crippen LogP contribution in [0.15, 0.2) is 34.8 Å². The van der Waals surface area contributed by atoms with Gasteiger partial charge >= 0.3 is 0 Å². The van der Waals surface area contributed by atoms with Crippen molar-refractivity contribution in [2.75, 3.05) is 5.32 Å². The number of nitriles is 1. The Balaban J connectivity index is 2.23. The van der Waals surface area contributed by atoms with Gasteiger partial charge in [0.25, 0.3) is 0 Å². The Morgan fingerprint density at radius 1 is 1.25 bits per heavy atom. The maximum absolute atomic E-state index is 13.3. The number of benzene rings is 2. The molecule has 0 amide bonds. The summed E-state index contributed by atoms with van der Waals surface area (Å²) in [6.45, 7) is 2.06. The molecule has 0 aliphatic carbocycles. The van der Waals surface area contributed by atoms with E-state index in [1.54, 1.807) is 13.0 Å². The van der Waals surface area contributed by atoms with Gasteiger partial charge in [-0.15, -0.1) is 0 Å². The molecule has 0 unspecified atom stereocenters. The van der Waals surface area contributed by atoms with Crippen LogP contribution in [0.1, 0.15) is 16.7 Å². The van der Waals surface area contributed by atoms with Gasteiger partial charge in [-0.05, 0) is 64.3 Å². The molecule has 20 heavy (non-hydrogen) atoms. The number of hydrogen-bond acceptors (Lipinski definition) is 2. The van der Waals surface area contributed by atoms with Gasteiger partial charge in [-0.1, -0.05) is 0 Å². The molecule has 0 fully saturated rings. The SMILES string of the molecule is Cc1cc(F)c(Br)cc1NCc1cc(F)ccc1C#N. The second kappa shape index (κ2) is 6.02. The molecule has 0 heterocycles. The van der Waals surface area contributed by atoms with Crippen LogP contribution >= 0.6 is 15.9 Å². The fourth-order valence-electron chi connectivity index (χ4n) is 1.84. The van der Waals surface area contributed by atoms with Crippen LogP contribution in [0.3, 0.4) is 0 Å². The Kier molecular flexibility index (Phi) is 4.35. The molecule has 0 spiro atoms. The summed E-state index contributed by atoms with van der Waals surface area (Å²) in [6, 6.07) is 9.06. The lowest BCUT2D eigenvalue weighted by Gasteiger charge is -2.11. The number of halogens is 3. The number of rotatable bonds is 3. The number of nitrogens with zero attached hydrogens (tertiary/aromatic N) is 1. The lowest BCUT2D eigenvalue weighted by molar-refractivity contribution is 0.620. The normalized spacial score (nSPS) is 10.2. The van der Waals surface area contributed by atoms with Gasteiger partial charge in [0.05, 0.1) is 16.1 Å². The molecule has 1 N–H and O–H groups in total. The molecule has 2 rings (SSSR count). The summed E-state index contributed by atoms with van der Waals surface area (Å²) >= 11 is 3.12. The standard InChI is InChI=1S/C15H11BrF2N2/c1-9-4-14(18)13(16)6-15(9)20-8-11-5-12(17)3-2-10(11)7-19/h2-6,20H,8H2,1H3. The summed E-state index contributed by atoms with van der Waals surface area (Å²) in [5, 5.41) is 12.1. The van der Waals surface area contributed by atoms with E-state index in [4.69, 9.17) is 5.26 Å². The van der Waals surface area contributed by atoms with Crippen molar-refractivity contribution in [1.82, 2.24) is 0 Å². The number of aryl methyl sites for hydroxylation is 1. The molecule has 102 valence electrons. The second-order valence-corrected chi connectivity index (χ2v) is 5.20. The summed E-state index contributed by atoms with van der Waals surface area (Å²) in [5.74, 6) is -0.727. The Morgan fingerprint density at radius 2 is 2.00 bits per heavy atom. The van der Waals surface area contributed by atoms with Crippen molar-refractivity contribution in [3.05, 3.63) is 63.1 Å². The summed E-state index contributed by atoms with van der Waals surface area (Å²) in [5.41, 5.74) is 2.44. The molecule has 0 radical (unpaired) electrons. The molecule has 2 aromatic rings. The molecule has 0 saturated heterocycles. The van der Waals surface area contributed by atoms with E-state index in [1.807, 2.05) is 6.07 Å². The van der Waals surface area contributed by atoms with Crippen molar-refractivity contribution in [3.63, 3.8) is 0 Å². The van der Waals surface area contributed by atoms with Gasteiger partial charge in [0, 0.05) is 12.2 Å². The number of anilines is 1. The summed E-state index contributed by atoms with van der Waals surface area (Å²) in [4.78, 5) is 0. The van der Waals surface area contributed by atoms with Crippen LogP contribution in [0.4, 0.5) is 14.5 Å². The van der Waals surface area contributed by atoms with E-state index in [2.05, 4.69) is 21.2 Å². The van der Waals surface area contributed by atoms with Crippen LogP contribution in [-0.4, -0.2) is 0 Å². The first-order valence-corrected chi connectivity index (χ1v) is 6.68. The average Bonchev–Trinajstić information content (AvgIpc) is 2.41. The topological polar surface area (TPSA) is 35.8 Å². The molecule has 0 saturated carbocycles. The fourth-order valence-corrected chi connectivity index (χ4v) is 2.19. The van der Waals surface area contributed by atoms with E-state index in [0.717, 1.165) is 11.3 Å². The molecule has 0 aliphatic heterocycles. The van der Waals surface area contributed by atoms with Crippen LogP contribution in [0, 0.1) is 29.9 Å². The van der Waals surface area contributed by atoms with Gasteiger partial charge in [0.2, 0.25) is 0 Å². The van der Waals surface area contributed by atoms with Crippen LogP contribution in [0.25, 0.3) is 0 Å².